The largest absolute Gasteiger partial charge is 0.480 e. The van der Waals surface area contributed by atoms with Crippen LogP contribution in [-0.4, -0.2) is 23.0 Å². The topological polar surface area (TPSA) is 66.4 Å². The van der Waals surface area contributed by atoms with E-state index in [1.807, 2.05) is 6.92 Å². The Morgan fingerprint density at radius 1 is 1.35 bits per heavy atom. The van der Waals surface area contributed by atoms with E-state index in [0.29, 0.717) is 6.42 Å². The Morgan fingerprint density at radius 2 is 1.95 bits per heavy atom. The summed E-state index contributed by atoms with van der Waals surface area (Å²) in [5.74, 6) is -2.97. The maximum Gasteiger partial charge on any atom is 0.326 e. The zero-order valence-corrected chi connectivity index (χ0v) is 12.4. The standard InChI is InChI=1S/C13H14Cl2FNO3/c1-3-6(2)11(13(19)20)17-12(18)7-4-10(16)9(15)5-8(7)14/h4-6,11H,3H2,1-2H3,(H,17,18)(H,19,20). The first-order chi connectivity index (χ1) is 9.27. The van der Waals surface area contributed by atoms with Crippen molar-refractivity contribution in [1.29, 1.82) is 0 Å². The molecule has 1 aromatic carbocycles. The summed E-state index contributed by atoms with van der Waals surface area (Å²) in [5.41, 5.74) is -0.150. The van der Waals surface area contributed by atoms with Crippen LogP contribution in [0.4, 0.5) is 4.39 Å². The summed E-state index contributed by atoms with van der Waals surface area (Å²) in [6.45, 7) is 3.50. The molecule has 0 aromatic heterocycles. The normalized spacial score (nSPS) is 13.7. The van der Waals surface area contributed by atoms with E-state index in [9.17, 15) is 14.0 Å². The highest BCUT2D eigenvalue weighted by molar-refractivity contribution is 6.36. The van der Waals surface area contributed by atoms with Crippen molar-refractivity contribution in [3.63, 3.8) is 0 Å². The smallest absolute Gasteiger partial charge is 0.326 e. The van der Waals surface area contributed by atoms with E-state index >= 15 is 0 Å². The van der Waals surface area contributed by atoms with Crippen molar-refractivity contribution in [2.24, 2.45) is 5.92 Å². The fourth-order valence-electron chi connectivity index (χ4n) is 1.60. The summed E-state index contributed by atoms with van der Waals surface area (Å²) >= 11 is 11.3. The van der Waals surface area contributed by atoms with Gasteiger partial charge in [0.15, 0.2) is 0 Å². The van der Waals surface area contributed by atoms with Crippen LogP contribution in [0.2, 0.25) is 10.0 Å². The van der Waals surface area contributed by atoms with Crippen molar-refractivity contribution < 1.29 is 19.1 Å². The molecule has 0 saturated carbocycles. The van der Waals surface area contributed by atoms with Crippen LogP contribution in [0, 0.1) is 11.7 Å². The molecule has 110 valence electrons. The van der Waals surface area contributed by atoms with Crippen LogP contribution < -0.4 is 5.32 Å². The Labute approximate surface area is 125 Å². The molecule has 1 rings (SSSR count). The van der Waals surface area contributed by atoms with Gasteiger partial charge in [0.25, 0.3) is 5.91 Å². The van der Waals surface area contributed by atoms with Crippen molar-refractivity contribution >= 4 is 35.1 Å². The van der Waals surface area contributed by atoms with Gasteiger partial charge in [-0.15, -0.1) is 0 Å². The van der Waals surface area contributed by atoms with E-state index in [4.69, 9.17) is 28.3 Å². The average molecular weight is 322 g/mol. The minimum Gasteiger partial charge on any atom is -0.480 e. The van der Waals surface area contributed by atoms with Crippen LogP contribution in [0.15, 0.2) is 12.1 Å². The number of benzene rings is 1. The molecule has 0 aliphatic rings. The molecule has 0 spiro atoms. The number of rotatable bonds is 5. The van der Waals surface area contributed by atoms with Gasteiger partial charge >= 0.3 is 5.97 Å². The number of amides is 1. The average Bonchev–Trinajstić information content (AvgIpc) is 2.38. The first kappa shape index (κ1) is 16.7. The zero-order valence-electron chi connectivity index (χ0n) is 10.9. The number of halogens is 3. The highest BCUT2D eigenvalue weighted by Crippen LogP contribution is 2.24. The molecule has 2 N–H and O–H groups in total. The highest BCUT2D eigenvalue weighted by atomic mass is 35.5. The second-order valence-corrected chi connectivity index (χ2v) is 5.24. The number of hydrogen-bond donors (Lipinski definition) is 2. The molecule has 0 fully saturated rings. The monoisotopic (exact) mass is 321 g/mol. The van der Waals surface area contributed by atoms with Gasteiger partial charge in [-0.05, 0) is 18.1 Å². The minimum absolute atomic E-state index is 0.0396. The number of carboxylic acids is 1. The summed E-state index contributed by atoms with van der Waals surface area (Å²) in [7, 11) is 0. The van der Waals surface area contributed by atoms with Gasteiger partial charge in [0, 0.05) is 0 Å². The second-order valence-electron chi connectivity index (χ2n) is 4.42. The quantitative estimate of drug-likeness (QED) is 0.817. The number of carboxylic acid groups (broad SMARTS) is 1. The number of carbonyl (C=O) groups excluding carboxylic acids is 1. The van der Waals surface area contributed by atoms with E-state index in [0.717, 1.165) is 12.1 Å². The van der Waals surface area contributed by atoms with Crippen molar-refractivity contribution in [3.05, 3.63) is 33.6 Å². The molecule has 0 heterocycles. The molecule has 2 unspecified atom stereocenters. The summed E-state index contributed by atoms with van der Waals surface area (Å²) in [4.78, 5) is 23.1. The Morgan fingerprint density at radius 3 is 2.45 bits per heavy atom. The third kappa shape index (κ3) is 3.84. The van der Waals surface area contributed by atoms with Crippen molar-refractivity contribution in [2.45, 2.75) is 26.3 Å². The molecule has 1 amide bonds. The number of hydrogen-bond acceptors (Lipinski definition) is 2. The third-order valence-electron chi connectivity index (χ3n) is 3.02. The van der Waals surface area contributed by atoms with E-state index in [1.165, 1.54) is 0 Å². The predicted octanol–water partition coefficient (Wildman–Crippen LogP) is 3.36. The summed E-state index contributed by atoms with van der Waals surface area (Å²) in [5, 5.41) is 11.2. The number of carbonyl (C=O) groups is 2. The Kier molecular flexibility index (Phi) is 5.77. The van der Waals surface area contributed by atoms with E-state index in [1.54, 1.807) is 6.92 Å². The van der Waals surface area contributed by atoms with Crippen LogP contribution in [-0.2, 0) is 4.79 Å². The van der Waals surface area contributed by atoms with Crippen molar-refractivity contribution in [1.82, 2.24) is 5.32 Å². The summed E-state index contributed by atoms with van der Waals surface area (Å²) in [6.07, 6.45) is 0.569. The van der Waals surface area contributed by atoms with Crippen molar-refractivity contribution in [2.75, 3.05) is 0 Å². The zero-order chi connectivity index (χ0) is 15.4. The summed E-state index contributed by atoms with van der Waals surface area (Å²) in [6, 6.07) is 0.921. The molecule has 1 aromatic rings. The van der Waals surface area contributed by atoms with E-state index in [-0.39, 0.29) is 21.5 Å². The third-order valence-corrected chi connectivity index (χ3v) is 3.62. The lowest BCUT2D eigenvalue weighted by Gasteiger charge is -2.20. The molecule has 0 radical (unpaired) electrons. The van der Waals surface area contributed by atoms with Gasteiger partial charge in [-0.2, -0.15) is 0 Å². The molecule has 0 saturated heterocycles. The Hall–Kier alpha value is -1.33. The van der Waals surface area contributed by atoms with Crippen LogP contribution in [0.25, 0.3) is 0 Å². The Balaban J connectivity index is 3.01. The van der Waals surface area contributed by atoms with Gasteiger partial charge in [-0.3, -0.25) is 4.79 Å². The van der Waals surface area contributed by atoms with Gasteiger partial charge in [-0.25, -0.2) is 9.18 Å². The lowest BCUT2D eigenvalue weighted by atomic mass is 9.99. The van der Waals surface area contributed by atoms with Gasteiger partial charge in [-0.1, -0.05) is 43.5 Å². The van der Waals surface area contributed by atoms with Crippen LogP contribution in [0.3, 0.4) is 0 Å². The van der Waals surface area contributed by atoms with Gasteiger partial charge in [0.05, 0.1) is 15.6 Å². The summed E-state index contributed by atoms with van der Waals surface area (Å²) < 4.78 is 13.4. The molecular weight excluding hydrogens is 308 g/mol. The minimum atomic E-state index is -1.15. The molecular formula is C13H14Cl2FNO3. The predicted molar refractivity (Wildman–Crippen MR) is 74.8 cm³/mol. The first-order valence-corrected chi connectivity index (χ1v) is 6.71. The van der Waals surface area contributed by atoms with Gasteiger partial charge in [0.2, 0.25) is 0 Å². The molecule has 0 aliphatic carbocycles. The molecule has 4 nitrogen and oxygen atoms in total. The molecule has 20 heavy (non-hydrogen) atoms. The molecule has 7 heteroatoms. The lowest BCUT2D eigenvalue weighted by Crippen LogP contribution is -2.45. The van der Waals surface area contributed by atoms with Crippen LogP contribution in [0.1, 0.15) is 30.6 Å². The van der Waals surface area contributed by atoms with Gasteiger partial charge < -0.3 is 10.4 Å². The maximum atomic E-state index is 13.4. The Bertz CT molecular complexity index is 537. The first-order valence-electron chi connectivity index (χ1n) is 5.96. The van der Waals surface area contributed by atoms with Gasteiger partial charge in [0.1, 0.15) is 11.9 Å². The molecule has 0 bridgehead atoms. The fraction of sp³-hybridized carbons (Fsp3) is 0.385. The number of nitrogens with one attached hydrogen (secondary N) is 1. The molecule has 2 atom stereocenters. The van der Waals surface area contributed by atoms with Crippen molar-refractivity contribution in [3.8, 4) is 0 Å². The maximum absolute atomic E-state index is 13.4. The molecule has 0 aliphatic heterocycles. The van der Waals surface area contributed by atoms with Crippen LogP contribution in [0.5, 0.6) is 0 Å². The SMILES string of the molecule is CCC(C)C(NC(=O)c1cc(F)c(Cl)cc1Cl)C(=O)O. The fourth-order valence-corrected chi connectivity index (χ4v) is 2.07. The highest BCUT2D eigenvalue weighted by Gasteiger charge is 2.26. The number of aliphatic carboxylic acids is 1. The van der Waals surface area contributed by atoms with E-state index in [2.05, 4.69) is 5.32 Å². The second kappa shape index (κ2) is 6.90. The van der Waals surface area contributed by atoms with E-state index < -0.39 is 23.7 Å². The lowest BCUT2D eigenvalue weighted by molar-refractivity contribution is -0.140. The van der Waals surface area contributed by atoms with Crippen LogP contribution >= 0.6 is 23.2 Å².